The molecule has 7 nitrogen and oxygen atoms in total. The fourth-order valence-corrected chi connectivity index (χ4v) is 4.26. The molecular formula is C16H17N5O2S. The number of aromatic carboxylic acids is 1. The molecule has 0 radical (unpaired) electrons. The lowest BCUT2D eigenvalue weighted by Crippen LogP contribution is -2.36. The Labute approximate surface area is 142 Å². The van der Waals surface area contributed by atoms with Crippen LogP contribution in [0.4, 0.5) is 5.95 Å². The second kappa shape index (κ2) is 5.86. The number of carbonyl (C=O) groups is 1. The highest BCUT2D eigenvalue weighted by Crippen LogP contribution is 2.34. The summed E-state index contributed by atoms with van der Waals surface area (Å²) in [5, 5.41) is 14.2. The molecule has 2 aromatic heterocycles. The van der Waals surface area contributed by atoms with Crippen LogP contribution in [-0.2, 0) is 7.05 Å². The highest BCUT2D eigenvalue weighted by molar-refractivity contribution is 7.18. The van der Waals surface area contributed by atoms with Gasteiger partial charge in [-0.1, -0.05) is 12.1 Å². The second-order valence-electron chi connectivity index (χ2n) is 5.97. The smallest absolute Gasteiger partial charge is 0.375 e. The van der Waals surface area contributed by atoms with E-state index >= 15 is 0 Å². The van der Waals surface area contributed by atoms with Gasteiger partial charge in [0.2, 0.25) is 5.95 Å². The maximum atomic E-state index is 11.1. The van der Waals surface area contributed by atoms with Crippen LogP contribution in [0.25, 0.3) is 10.2 Å². The van der Waals surface area contributed by atoms with Gasteiger partial charge in [-0.15, -0.1) is 16.4 Å². The SMILES string of the molecule is Cn1nc(C(=O)O)nc1N1CCCC(c2nc3ccccc3s2)C1. The number of aromatic nitrogens is 4. The molecule has 1 N–H and O–H groups in total. The van der Waals surface area contributed by atoms with Crippen molar-refractivity contribution in [2.75, 3.05) is 18.0 Å². The largest absolute Gasteiger partial charge is 0.475 e. The number of benzene rings is 1. The van der Waals surface area contributed by atoms with Gasteiger partial charge in [-0.2, -0.15) is 4.98 Å². The highest BCUT2D eigenvalue weighted by Gasteiger charge is 2.27. The van der Waals surface area contributed by atoms with Crippen molar-refractivity contribution in [1.82, 2.24) is 19.7 Å². The fourth-order valence-electron chi connectivity index (χ4n) is 3.17. The van der Waals surface area contributed by atoms with E-state index in [4.69, 9.17) is 10.1 Å². The van der Waals surface area contributed by atoms with E-state index in [9.17, 15) is 4.79 Å². The lowest BCUT2D eigenvalue weighted by Gasteiger charge is -2.32. The lowest BCUT2D eigenvalue weighted by atomic mass is 9.99. The summed E-state index contributed by atoms with van der Waals surface area (Å²) >= 11 is 1.74. The van der Waals surface area contributed by atoms with Crippen molar-refractivity contribution in [2.45, 2.75) is 18.8 Å². The van der Waals surface area contributed by atoms with Crippen LogP contribution in [0.3, 0.4) is 0 Å². The first-order valence-corrected chi connectivity index (χ1v) is 8.68. The van der Waals surface area contributed by atoms with Gasteiger partial charge in [-0.05, 0) is 25.0 Å². The Morgan fingerprint density at radius 3 is 2.92 bits per heavy atom. The summed E-state index contributed by atoms with van der Waals surface area (Å²) in [7, 11) is 1.73. The number of aryl methyl sites for hydroxylation is 1. The topological polar surface area (TPSA) is 84.1 Å². The van der Waals surface area contributed by atoms with Gasteiger partial charge < -0.3 is 10.0 Å². The monoisotopic (exact) mass is 343 g/mol. The average molecular weight is 343 g/mol. The molecule has 0 saturated carbocycles. The van der Waals surface area contributed by atoms with Crippen LogP contribution in [-0.4, -0.2) is 43.9 Å². The summed E-state index contributed by atoms with van der Waals surface area (Å²) in [4.78, 5) is 22.1. The van der Waals surface area contributed by atoms with E-state index < -0.39 is 5.97 Å². The summed E-state index contributed by atoms with van der Waals surface area (Å²) in [6.45, 7) is 1.64. The van der Waals surface area contributed by atoms with E-state index in [0.717, 1.165) is 36.5 Å². The van der Waals surface area contributed by atoms with Crippen molar-refractivity contribution in [2.24, 2.45) is 7.05 Å². The quantitative estimate of drug-likeness (QED) is 0.786. The third-order valence-corrected chi connectivity index (χ3v) is 5.49. The number of carboxylic acids is 1. The molecule has 3 aromatic rings. The van der Waals surface area contributed by atoms with Gasteiger partial charge in [0.05, 0.1) is 15.2 Å². The molecule has 1 unspecified atom stereocenters. The summed E-state index contributed by atoms with van der Waals surface area (Å²) in [6.07, 6.45) is 2.11. The van der Waals surface area contributed by atoms with Crippen molar-refractivity contribution in [3.63, 3.8) is 0 Å². The molecule has 0 aliphatic carbocycles. The lowest BCUT2D eigenvalue weighted by molar-refractivity contribution is 0.0683. The van der Waals surface area contributed by atoms with E-state index in [1.165, 1.54) is 4.70 Å². The average Bonchev–Trinajstić information content (AvgIpc) is 3.18. The van der Waals surface area contributed by atoms with E-state index in [1.54, 1.807) is 23.1 Å². The zero-order chi connectivity index (χ0) is 16.7. The molecule has 0 amide bonds. The number of para-hydroxylation sites is 1. The van der Waals surface area contributed by atoms with Gasteiger partial charge in [-0.25, -0.2) is 14.5 Å². The van der Waals surface area contributed by atoms with Crippen molar-refractivity contribution in [3.05, 3.63) is 35.1 Å². The van der Waals surface area contributed by atoms with Gasteiger partial charge >= 0.3 is 5.97 Å². The fraction of sp³-hybridized carbons (Fsp3) is 0.375. The first kappa shape index (κ1) is 15.1. The van der Waals surface area contributed by atoms with Crippen LogP contribution in [0.15, 0.2) is 24.3 Å². The molecule has 1 fully saturated rings. The van der Waals surface area contributed by atoms with Crippen molar-refractivity contribution >= 4 is 33.5 Å². The summed E-state index contributed by atoms with van der Waals surface area (Å²) in [5.41, 5.74) is 1.04. The minimum Gasteiger partial charge on any atom is -0.475 e. The maximum absolute atomic E-state index is 11.1. The number of carboxylic acid groups (broad SMARTS) is 1. The minimum atomic E-state index is -1.10. The maximum Gasteiger partial charge on any atom is 0.375 e. The Kier molecular flexibility index (Phi) is 3.68. The molecule has 4 rings (SSSR count). The Hall–Kier alpha value is -2.48. The number of hydrogen-bond donors (Lipinski definition) is 1. The molecule has 1 saturated heterocycles. The Bertz CT molecular complexity index is 870. The van der Waals surface area contributed by atoms with Crippen LogP contribution in [0.1, 0.15) is 34.4 Å². The Morgan fingerprint density at radius 1 is 1.33 bits per heavy atom. The van der Waals surface area contributed by atoms with Gasteiger partial charge in [-0.3, -0.25) is 0 Å². The number of hydrogen-bond acceptors (Lipinski definition) is 6. The predicted molar refractivity (Wildman–Crippen MR) is 91.8 cm³/mol. The number of thiazole rings is 1. The van der Waals surface area contributed by atoms with Crippen LogP contribution in [0.2, 0.25) is 0 Å². The van der Waals surface area contributed by atoms with Crippen LogP contribution < -0.4 is 4.90 Å². The zero-order valence-electron chi connectivity index (χ0n) is 13.2. The molecule has 0 bridgehead atoms. The molecule has 1 aliphatic heterocycles. The van der Waals surface area contributed by atoms with Gasteiger partial charge in [0.25, 0.3) is 5.82 Å². The Morgan fingerprint density at radius 2 is 2.17 bits per heavy atom. The summed E-state index contributed by atoms with van der Waals surface area (Å²) < 4.78 is 2.75. The van der Waals surface area contributed by atoms with E-state index in [2.05, 4.69) is 21.0 Å². The summed E-state index contributed by atoms with van der Waals surface area (Å²) in [6, 6.07) is 8.17. The summed E-state index contributed by atoms with van der Waals surface area (Å²) in [5.74, 6) is -0.314. The second-order valence-corrected chi connectivity index (χ2v) is 7.03. The van der Waals surface area contributed by atoms with Crippen molar-refractivity contribution < 1.29 is 9.90 Å². The number of rotatable bonds is 3. The molecule has 1 aliphatic rings. The molecule has 1 aromatic carbocycles. The predicted octanol–water partition coefficient (Wildman–Crippen LogP) is 2.51. The normalized spacial score (nSPS) is 18.2. The molecule has 1 atom stereocenters. The number of piperidine rings is 1. The molecule has 3 heterocycles. The van der Waals surface area contributed by atoms with Crippen LogP contribution in [0, 0.1) is 0 Å². The van der Waals surface area contributed by atoms with E-state index in [-0.39, 0.29) is 5.82 Å². The molecule has 8 heteroatoms. The number of fused-ring (bicyclic) bond motifs is 1. The van der Waals surface area contributed by atoms with Gasteiger partial charge in [0, 0.05) is 26.1 Å². The standard InChI is InChI=1S/C16H17N5O2S/c1-20-16(18-13(19-20)15(22)23)21-8-4-5-10(9-21)14-17-11-6-2-3-7-12(11)24-14/h2-3,6-7,10H,4-5,8-9H2,1H3,(H,22,23). The van der Waals surface area contributed by atoms with Gasteiger partial charge in [0.1, 0.15) is 0 Å². The van der Waals surface area contributed by atoms with E-state index in [0.29, 0.717) is 11.9 Å². The third-order valence-electron chi connectivity index (χ3n) is 4.30. The first-order chi connectivity index (χ1) is 11.6. The zero-order valence-corrected chi connectivity index (χ0v) is 14.0. The number of nitrogens with zero attached hydrogens (tertiary/aromatic N) is 5. The molecule has 124 valence electrons. The molecule has 0 spiro atoms. The highest BCUT2D eigenvalue weighted by atomic mass is 32.1. The van der Waals surface area contributed by atoms with Gasteiger partial charge in [0.15, 0.2) is 0 Å². The third kappa shape index (κ3) is 2.62. The minimum absolute atomic E-state index is 0.158. The molecule has 24 heavy (non-hydrogen) atoms. The first-order valence-electron chi connectivity index (χ1n) is 7.86. The molecular weight excluding hydrogens is 326 g/mol. The van der Waals surface area contributed by atoms with Crippen molar-refractivity contribution in [3.8, 4) is 0 Å². The van der Waals surface area contributed by atoms with Crippen molar-refractivity contribution in [1.29, 1.82) is 0 Å². The van der Waals surface area contributed by atoms with Crippen LogP contribution in [0.5, 0.6) is 0 Å². The van der Waals surface area contributed by atoms with E-state index in [1.807, 2.05) is 18.2 Å². The number of anilines is 1. The van der Waals surface area contributed by atoms with Crippen LogP contribution >= 0.6 is 11.3 Å². The Balaban J connectivity index is 1.60.